The van der Waals surface area contributed by atoms with E-state index in [9.17, 15) is 9.59 Å². The molecule has 2 aromatic heterocycles. The summed E-state index contributed by atoms with van der Waals surface area (Å²) in [6.45, 7) is 8.01. The van der Waals surface area contributed by atoms with Crippen LogP contribution >= 0.6 is 24.4 Å². The van der Waals surface area contributed by atoms with Crippen molar-refractivity contribution in [1.82, 2.24) is 20.6 Å². The molecule has 2 aromatic rings. The fourth-order valence-electron chi connectivity index (χ4n) is 2.97. The molecule has 0 atom stereocenters. The van der Waals surface area contributed by atoms with Crippen molar-refractivity contribution in [3.63, 3.8) is 0 Å². The van der Waals surface area contributed by atoms with Gasteiger partial charge < -0.3 is 21.3 Å². The van der Waals surface area contributed by atoms with Crippen LogP contribution in [0.1, 0.15) is 76.6 Å². The molecule has 0 saturated heterocycles. The third-order valence-corrected chi connectivity index (χ3v) is 5.19. The van der Waals surface area contributed by atoms with Gasteiger partial charge >= 0.3 is 0 Å². The minimum Gasteiger partial charge on any atom is -0.317 e. The van der Waals surface area contributed by atoms with Crippen LogP contribution in [0.5, 0.6) is 0 Å². The van der Waals surface area contributed by atoms with E-state index < -0.39 is 0 Å². The van der Waals surface area contributed by atoms with Gasteiger partial charge in [0.15, 0.2) is 10.2 Å². The van der Waals surface area contributed by atoms with Crippen LogP contribution in [0.15, 0.2) is 36.4 Å². The normalized spacial score (nSPS) is 9.89. The number of amides is 2. The molecule has 8 nitrogen and oxygen atoms in total. The van der Waals surface area contributed by atoms with Gasteiger partial charge in [-0.2, -0.15) is 0 Å². The average molecular weight is 531 g/mol. The summed E-state index contributed by atoms with van der Waals surface area (Å²) in [6, 6.07) is 11.2. The van der Waals surface area contributed by atoms with E-state index in [0.717, 1.165) is 49.9 Å². The smallest absolute Gasteiger partial charge is 0.226 e. The summed E-state index contributed by atoms with van der Waals surface area (Å²) in [5.41, 5.74) is 1.80. The molecule has 10 heteroatoms. The molecule has 36 heavy (non-hydrogen) atoms. The molecule has 0 unspecified atom stereocenters. The number of thiocarbonyl (C=S) groups is 2. The highest BCUT2D eigenvalue weighted by atomic mass is 32.1. The number of hydrogen-bond acceptors (Lipinski definition) is 6. The molecule has 0 aromatic carbocycles. The van der Waals surface area contributed by atoms with Crippen LogP contribution in [0.3, 0.4) is 0 Å². The zero-order chi connectivity index (χ0) is 26.8. The lowest BCUT2D eigenvalue weighted by molar-refractivity contribution is -0.120. The predicted octanol–water partition coefficient (Wildman–Crippen LogP) is 5.57. The third-order valence-electron chi connectivity index (χ3n) is 4.78. The lowest BCUT2D eigenvalue weighted by atomic mass is 10.2. The van der Waals surface area contributed by atoms with Gasteiger partial charge in [0.05, 0.1) is 0 Å². The van der Waals surface area contributed by atoms with E-state index >= 15 is 0 Å². The van der Waals surface area contributed by atoms with E-state index in [4.69, 9.17) is 24.4 Å². The fourth-order valence-corrected chi connectivity index (χ4v) is 3.41. The lowest BCUT2D eigenvalue weighted by Gasteiger charge is -2.09. The number of nitrogens with zero attached hydrogens (tertiary/aromatic N) is 2. The molecule has 196 valence electrons. The zero-order valence-electron chi connectivity index (χ0n) is 21.6. The number of aromatic nitrogens is 2. The predicted molar refractivity (Wildman–Crippen MR) is 155 cm³/mol. The fraction of sp³-hybridized carbons (Fsp3) is 0.462. The number of nitrogens with one attached hydrogen (secondary N) is 4. The Morgan fingerprint density at radius 3 is 1.42 bits per heavy atom. The molecule has 0 radical (unpaired) electrons. The standard InChI is InChI=1S/2C13H19N3OS/c2*1-3-4-5-9-12(17)16-13(18)15-11-8-6-7-10(2)14-11/h2*6-8H,3-5,9H2,1-2H3,(H2,14,15,16,17,18). The van der Waals surface area contributed by atoms with Crippen LogP contribution in [-0.2, 0) is 9.59 Å². The summed E-state index contributed by atoms with van der Waals surface area (Å²) in [6.07, 6.45) is 7.14. The second-order valence-electron chi connectivity index (χ2n) is 8.25. The first kappa shape index (κ1) is 31.1. The molecule has 0 aliphatic rings. The monoisotopic (exact) mass is 530 g/mol. The van der Waals surface area contributed by atoms with Crippen LogP contribution in [0.25, 0.3) is 0 Å². The Morgan fingerprint density at radius 1 is 0.694 bits per heavy atom. The summed E-state index contributed by atoms with van der Waals surface area (Å²) in [5, 5.41) is 11.7. The molecule has 0 aliphatic carbocycles. The second kappa shape index (κ2) is 18.3. The molecule has 2 rings (SSSR count). The Balaban J connectivity index is 0.000000360. The quantitative estimate of drug-likeness (QED) is 0.233. The van der Waals surface area contributed by atoms with Crippen molar-refractivity contribution in [3.05, 3.63) is 47.8 Å². The molecular formula is C26H38N6O2S2. The van der Waals surface area contributed by atoms with Crippen molar-refractivity contribution in [2.24, 2.45) is 0 Å². The number of pyridine rings is 2. The van der Waals surface area contributed by atoms with Crippen molar-refractivity contribution < 1.29 is 9.59 Å². The molecule has 2 amide bonds. The number of unbranched alkanes of at least 4 members (excludes halogenated alkanes) is 4. The Hall–Kier alpha value is -2.98. The van der Waals surface area contributed by atoms with Crippen molar-refractivity contribution in [2.45, 2.75) is 79.1 Å². The van der Waals surface area contributed by atoms with Gasteiger partial charge in [0, 0.05) is 24.2 Å². The molecule has 0 bridgehead atoms. The summed E-state index contributed by atoms with van der Waals surface area (Å²) in [4.78, 5) is 31.5. The van der Waals surface area contributed by atoms with Gasteiger partial charge in [0.1, 0.15) is 11.6 Å². The Morgan fingerprint density at radius 2 is 1.08 bits per heavy atom. The molecule has 2 heterocycles. The van der Waals surface area contributed by atoms with Gasteiger partial charge in [-0.3, -0.25) is 9.59 Å². The SMILES string of the molecule is CCCCCC(=O)NC(=S)Nc1cccc(C)n1.CCCCCC(=O)NC(=S)Nc1cccc(C)n1. The highest BCUT2D eigenvalue weighted by Gasteiger charge is 2.06. The van der Waals surface area contributed by atoms with E-state index in [-0.39, 0.29) is 11.8 Å². The van der Waals surface area contributed by atoms with Crippen molar-refractivity contribution in [3.8, 4) is 0 Å². The number of anilines is 2. The van der Waals surface area contributed by atoms with Gasteiger partial charge in [0.25, 0.3) is 0 Å². The average Bonchev–Trinajstić information content (AvgIpc) is 2.79. The van der Waals surface area contributed by atoms with Crippen LogP contribution in [0, 0.1) is 13.8 Å². The highest BCUT2D eigenvalue weighted by molar-refractivity contribution is 7.80. The largest absolute Gasteiger partial charge is 0.317 e. The van der Waals surface area contributed by atoms with E-state index in [0.29, 0.717) is 34.7 Å². The Kier molecular flexibility index (Phi) is 15.8. The van der Waals surface area contributed by atoms with Crippen molar-refractivity contribution >= 4 is 58.1 Å². The van der Waals surface area contributed by atoms with E-state index in [2.05, 4.69) is 45.1 Å². The molecule has 0 spiro atoms. The third kappa shape index (κ3) is 15.1. The minimum atomic E-state index is -0.0476. The summed E-state index contributed by atoms with van der Waals surface area (Å²) in [5.74, 6) is 1.20. The summed E-state index contributed by atoms with van der Waals surface area (Å²) in [7, 11) is 0. The number of rotatable bonds is 10. The molecule has 4 N–H and O–H groups in total. The van der Waals surface area contributed by atoms with Crippen molar-refractivity contribution in [1.29, 1.82) is 0 Å². The molecule has 0 saturated carbocycles. The maximum atomic E-state index is 11.5. The molecule has 0 aliphatic heterocycles. The second-order valence-corrected chi connectivity index (χ2v) is 9.06. The number of aryl methyl sites for hydroxylation is 2. The number of carbonyl (C=O) groups excluding carboxylic acids is 2. The van der Waals surface area contributed by atoms with E-state index in [1.54, 1.807) is 0 Å². The highest BCUT2D eigenvalue weighted by Crippen LogP contribution is 2.05. The lowest BCUT2D eigenvalue weighted by Crippen LogP contribution is -2.34. The maximum absolute atomic E-state index is 11.5. The Labute approximate surface area is 225 Å². The molecule has 0 fully saturated rings. The van der Waals surface area contributed by atoms with Gasteiger partial charge in [0.2, 0.25) is 11.8 Å². The van der Waals surface area contributed by atoms with Gasteiger partial charge in [-0.05, 0) is 75.4 Å². The maximum Gasteiger partial charge on any atom is 0.226 e. The van der Waals surface area contributed by atoms with E-state index in [1.807, 2.05) is 50.2 Å². The Bertz CT molecular complexity index is 920. The summed E-state index contributed by atoms with van der Waals surface area (Å²) >= 11 is 10.1. The number of carbonyl (C=O) groups is 2. The first-order valence-electron chi connectivity index (χ1n) is 12.3. The van der Waals surface area contributed by atoms with Crippen LogP contribution in [0.2, 0.25) is 0 Å². The molecular weight excluding hydrogens is 492 g/mol. The topological polar surface area (TPSA) is 108 Å². The van der Waals surface area contributed by atoms with Gasteiger partial charge in [-0.1, -0.05) is 51.7 Å². The van der Waals surface area contributed by atoms with Crippen LogP contribution < -0.4 is 21.3 Å². The minimum absolute atomic E-state index is 0.0476. The van der Waals surface area contributed by atoms with Gasteiger partial charge in [-0.25, -0.2) is 9.97 Å². The number of hydrogen-bond donors (Lipinski definition) is 4. The van der Waals surface area contributed by atoms with Crippen LogP contribution in [0.4, 0.5) is 11.6 Å². The first-order chi connectivity index (χ1) is 17.2. The first-order valence-corrected chi connectivity index (χ1v) is 13.1. The van der Waals surface area contributed by atoms with Gasteiger partial charge in [-0.15, -0.1) is 0 Å². The summed E-state index contributed by atoms with van der Waals surface area (Å²) < 4.78 is 0. The van der Waals surface area contributed by atoms with Crippen LogP contribution in [-0.4, -0.2) is 32.0 Å². The zero-order valence-corrected chi connectivity index (χ0v) is 23.3. The van der Waals surface area contributed by atoms with E-state index in [1.165, 1.54) is 0 Å². The van der Waals surface area contributed by atoms with Crippen molar-refractivity contribution in [2.75, 3.05) is 10.6 Å².